The molecule has 0 saturated heterocycles. The number of carbonyl (C=O) groups is 1. The van der Waals surface area contributed by atoms with Gasteiger partial charge in [-0.2, -0.15) is 0 Å². The normalized spacial score (nSPS) is 14.3. The van der Waals surface area contributed by atoms with Crippen molar-refractivity contribution < 1.29 is 4.79 Å². The number of anilines is 1. The minimum atomic E-state index is -0.0388. The third-order valence-electron chi connectivity index (χ3n) is 3.98. The van der Waals surface area contributed by atoms with Gasteiger partial charge in [-0.15, -0.1) is 0 Å². The molecule has 120 valence electrons. The highest BCUT2D eigenvalue weighted by molar-refractivity contribution is 5.94. The smallest absolute Gasteiger partial charge is 0.252 e. The van der Waals surface area contributed by atoms with Gasteiger partial charge in [-0.25, -0.2) is 0 Å². The average Bonchev–Trinajstić information content (AvgIpc) is 2.56. The summed E-state index contributed by atoms with van der Waals surface area (Å²) >= 11 is 0. The molecule has 2 N–H and O–H groups in total. The zero-order chi connectivity index (χ0) is 15.6. The van der Waals surface area contributed by atoms with Crippen molar-refractivity contribution in [2.24, 2.45) is 0 Å². The largest absolute Gasteiger partial charge is 0.384 e. The Morgan fingerprint density at radius 3 is 2.95 bits per heavy atom. The first-order chi connectivity index (χ1) is 10.8. The van der Waals surface area contributed by atoms with E-state index in [2.05, 4.69) is 28.6 Å². The van der Waals surface area contributed by atoms with E-state index in [0.29, 0.717) is 12.1 Å². The fourth-order valence-corrected chi connectivity index (χ4v) is 2.64. The van der Waals surface area contributed by atoms with Gasteiger partial charge in [0.25, 0.3) is 5.91 Å². The van der Waals surface area contributed by atoms with Gasteiger partial charge >= 0.3 is 0 Å². The lowest BCUT2D eigenvalue weighted by molar-refractivity contribution is 0.0953. The maximum absolute atomic E-state index is 12.2. The van der Waals surface area contributed by atoms with Gasteiger partial charge in [0.1, 0.15) is 0 Å². The number of allylic oxidation sites excluding steroid dienone is 1. The number of rotatable bonds is 8. The predicted molar refractivity (Wildman–Crippen MR) is 91.1 cm³/mol. The van der Waals surface area contributed by atoms with Crippen molar-refractivity contribution in [1.29, 1.82) is 0 Å². The molecule has 1 aromatic rings. The first kappa shape index (κ1) is 16.5. The number of pyridine rings is 1. The van der Waals surface area contributed by atoms with Gasteiger partial charge in [0, 0.05) is 25.5 Å². The van der Waals surface area contributed by atoms with E-state index in [9.17, 15) is 4.79 Å². The molecule has 4 nitrogen and oxygen atoms in total. The van der Waals surface area contributed by atoms with Crippen LogP contribution in [0.3, 0.4) is 0 Å². The van der Waals surface area contributed by atoms with Gasteiger partial charge in [0.2, 0.25) is 0 Å². The predicted octanol–water partition coefficient (Wildman–Crippen LogP) is 3.91. The first-order valence-corrected chi connectivity index (χ1v) is 8.44. The van der Waals surface area contributed by atoms with E-state index in [1.807, 2.05) is 6.07 Å². The molecule has 1 amide bonds. The van der Waals surface area contributed by atoms with E-state index in [0.717, 1.165) is 31.5 Å². The third-order valence-corrected chi connectivity index (χ3v) is 3.98. The standard InChI is InChI=1S/C18H27N3O/c1-2-3-10-20-17-12-16(13-19-14-17)18(22)21-11-9-15-7-5-4-6-8-15/h7,12-14,20H,2-6,8-11H2,1H3,(H,21,22). The van der Waals surface area contributed by atoms with E-state index in [4.69, 9.17) is 0 Å². The van der Waals surface area contributed by atoms with Gasteiger partial charge in [-0.05, 0) is 44.6 Å². The summed E-state index contributed by atoms with van der Waals surface area (Å²) in [6.45, 7) is 3.78. The number of nitrogens with one attached hydrogen (secondary N) is 2. The van der Waals surface area contributed by atoms with Crippen LogP contribution < -0.4 is 10.6 Å². The second kappa shape index (κ2) is 9.23. The Morgan fingerprint density at radius 2 is 2.18 bits per heavy atom. The Balaban J connectivity index is 1.78. The van der Waals surface area contributed by atoms with E-state index in [1.165, 1.54) is 31.3 Å². The molecule has 0 fully saturated rings. The zero-order valence-corrected chi connectivity index (χ0v) is 13.5. The monoisotopic (exact) mass is 301 g/mol. The van der Waals surface area contributed by atoms with Crippen LogP contribution in [-0.4, -0.2) is 24.0 Å². The molecule has 0 aliphatic heterocycles. The zero-order valence-electron chi connectivity index (χ0n) is 13.5. The van der Waals surface area contributed by atoms with Crippen LogP contribution in [0.2, 0.25) is 0 Å². The van der Waals surface area contributed by atoms with Gasteiger partial charge in [-0.1, -0.05) is 25.0 Å². The summed E-state index contributed by atoms with van der Waals surface area (Å²) in [4.78, 5) is 16.3. The summed E-state index contributed by atoms with van der Waals surface area (Å²) in [5.41, 5.74) is 3.02. The summed E-state index contributed by atoms with van der Waals surface area (Å²) in [7, 11) is 0. The number of nitrogens with zero attached hydrogens (tertiary/aromatic N) is 1. The quantitative estimate of drug-likeness (QED) is 0.565. The van der Waals surface area contributed by atoms with Crippen LogP contribution in [0.25, 0.3) is 0 Å². The summed E-state index contributed by atoms with van der Waals surface area (Å²) in [6, 6.07) is 1.87. The molecule has 1 aliphatic carbocycles. The van der Waals surface area contributed by atoms with E-state index >= 15 is 0 Å². The van der Waals surface area contributed by atoms with Crippen molar-refractivity contribution >= 4 is 11.6 Å². The summed E-state index contributed by atoms with van der Waals surface area (Å²) in [6.07, 6.45) is 13.9. The molecule has 0 radical (unpaired) electrons. The van der Waals surface area contributed by atoms with Gasteiger partial charge in [-0.3, -0.25) is 9.78 Å². The van der Waals surface area contributed by atoms with Crippen LogP contribution in [0.15, 0.2) is 30.1 Å². The van der Waals surface area contributed by atoms with Gasteiger partial charge in [0.15, 0.2) is 0 Å². The van der Waals surface area contributed by atoms with Crippen LogP contribution in [0.5, 0.6) is 0 Å². The molecular weight excluding hydrogens is 274 g/mol. The van der Waals surface area contributed by atoms with Crippen molar-refractivity contribution in [3.05, 3.63) is 35.7 Å². The van der Waals surface area contributed by atoms with Gasteiger partial charge < -0.3 is 10.6 Å². The fourth-order valence-electron chi connectivity index (χ4n) is 2.64. The molecule has 2 rings (SSSR count). The van der Waals surface area contributed by atoms with Crippen molar-refractivity contribution in [3.63, 3.8) is 0 Å². The molecule has 4 heteroatoms. The molecule has 1 aromatic heterocycles. The number of hydrogen-bond acceptors (Lipinski definition) is 3. The van der Waals surface area contributed by atoms with E-state index < -0.39 is 0 Å². The number of unbranched alkanes of at least 4 members (excludes halogenated alkanes) is 1. The van der Waals surface area contributed by atoms with Gasteiger partial charge in [0.05, 0.1) is 11.3 Å². The lowest BCUT2D eigenvalue weighted by atomic mass is 9.97. The molecule has 22 heavy (non-hydrogen) atoms. The second-order valence-electron chi connectivity index (χ2n) is 5.86. The number of hydrogen-bond donors (Lipinski definition) is 2. The molecule has 1 aliphatic rings. The molecular formula is C18H27N3O. The maximum atomic E-state index is 12.2. The van der Waals surface area contributed by atoms with Crippen molar-refractivity contribution in [2.45, 2.75) is 51.9 Å². The molecule has 0 spiro atoms. The fraction of sp³-hybridized carbons (Fsp3) is 0.556. The molecule has 0 atom stereocenters. The Bertz CT molecular complexity index is 511. The minimum Gasteiger partial charge on any atom is -0.384 e. The first-order valence-electron chi connectivity index (χ1n) is 8.44. The Kier molecular flexibility index (Phi) is 6.94. The molecule has 1 heterocycles. The lowest BCUT2D eigenvalue weighted by Gasteiger charge is -2.13. The minimum absolute atomic E-state index is 0.0388. The Hall–Kier alpha value is -1.84. The molecule has 0 unspecified atom stereocenters. The van der Waals surface area contributed by atoms with Crippen LogP contribution in [0, 0.1) is 0 Å². The second-order valence-corrected chi connectivity index (χ2v) is 5.86. The van der Waals surface area contributed by atoms with E-state index in [-0.39, 0.29) is 5.91 Å². The highest BCUT2D eigenvalue weighted by Gasteiger charge is 2.08. The Labute approximate surface area is 133 Å². The van der Waals surface area contributed by atoms with Crippen LogP contribution in [-0.2, 0) is 0 Å². The topological polar surface area (TPSA) is 54.0 Å². The van der Waals surface area contributed by atoms with Crippen LogP contribution >= 0.6 is 0 Å². The van der Waals surface area contributed by atoms with Crippen molar-refractivity contribution in [2.75, 3.05) is 18.4 Å². The highest BCUT2D eigenvalue weighted by Crippen LogP contribution is 2.19. The van der Waals surface area contributed by atoms with Crippen LogP contribution in [0.1, 0.15) is 62.2 Å². The summed E-state index contributed by atoms with van der Waals surface area (Å²) in [5, 5.41) is 6.29. The number of aromatic nitrogens is 1. The summed E-state index contributed by atoms with van der Waals surface area (Å²) < 4.78 is 0. The SMILES string of the molecule is CCCCNc1cncc(C(=O)NCCC2=CCCCC2)c1. The number of amides is 1. The highest BCUT2D eigenvalue weighted by atomic mass is 16.1. The van der Waals surface area contributed by atoms with E-state index in [1.54, 1.807) is 12.4 Å². The third kappa shape index (κ3) is 5.51. The molecule has 0 aromatic carbocycles. The number of carbonyl (C=O) groups excluding carboxylic acids is 1. The maximum Gasteiger partial charge on any atom is 0.252 e. The Morgan fingerprint density at radius 1 is 1.27 bits per heavy atom. The van der Waals surface area contributed by atoms with Crippen LogP contribution in [0.4, 0.5) is 5.69 Å². The summed E-state index contributed by atoms with van der Waals surface area (Å²) in [5.74, 6) is -0.0388. The molecule has 0 saturated carbocycles. The molecule has 0 bridgehead atoms. The van der Waals surface area contributed by atoms with Crippen molar-refractivity contribution in [3.8, 4) is 0 Å². The average molecular weight is 301 g/mol. The van der Waals surface area contributed by atoms with Crippen molar-refractivity contribution in [1.82, 2.24) is 10.3 Å². The lowest BCUT2D eigenvalue weighted by Crippen LogP contribution is -2.25.